The molecule has 0 amide bonds. The number of nitrogens with one attached hydrogen (secondary N) is 1. The van der Waals surface area contributed by atoms with Gasteiger partial charge in [-0.1, -0.05) is 6.42 Å². The summed E-state index contributed by atoms with van der Waals surface area (Å²) in [6, 6.07) is 0. The van der Waals surface area contributed by atoms with E-state index in [1.54, 1.807) is 0 Å². The Morgan fingerprint density at radius 3 is 3.12 bits per heavy atom. The van der Waals surface area contributed by atoms with Crippen LogP contribution in [0.5, 0.6) is 0 Å². The molecule has 1 unspecified atom stereocenters. The Morgan fingerprint density at radius 1 is 1.56 bits per heavy atom. The highest BCUT2D eigenvalue weighted by molar-refractivity contribution is 7.99. The fourth-order valence-corrected chi connectivity index (χ4v) is 3.46. The molecule has 1 aliphatic rings. The third-order valence-corrected chi connectivity index (χ3v) is 4.29. The van der Waals surface area contributed by atoms with E-state index in [0.29, 0.717) is 0 Å². The fraction of sp³-hybridized carbons (Fsp3) is 0.750. The predicted octanol–water partition coefficient (Wildman–Crippen LogP) is 2.91. The number of rotatable bonds is 4. The molecule has 4 heteroatoms. The second kappa shape index (κ2) is 5.62. The van der Waals surface area contributed by atoms with Crippen LogP contribution in [0.15, 0.2) is 6.20 Å². The third-order valence-electron chi connectivity index (χ3n) is 2.91. The number of nitrogens with zero attached hydrogens (tertiary/aromatic N) is 2. The van der Waals surface area contributed by atoms with Gasteiger partial charge in [-0.25, -0.2) is 4.98 Å². The Balaban J connectivity index is 2.01. The number of hydrogen-bond acceptors (Lipinski definition) is 3. The van der Waals surface area contributed by atoms with Gasteiger partial charge in [-0.05, 0) is 32.4 Å². The van der Waals surface area contributed by atoms with E-state index in [4.69, 9.17) is 0 Å². The maximum Gasteiger partial charge on any atom is 0.203 e. The molecule has 90 valence electrons. The minimum absolute atomic E-state index is 0.778. The maximum absolute atomic E-state index is 4.51. The van der Waals surface area contributed by atoms with Gasteiger partial charge in [-0.15, -0.1) is 0 Å². The first kappa shape index (κ1) is 11.8. The molecule has 1 aromatic rings. The lowest BCUT2D eigenvalue weighted by atomic mass is 10.2. The summed E-state index contributed by atoms with van der Waals surface area (Å²) in [6.45, 7) is 6.22. The Hall–Kier alpha value is -0.640. The lowest BCUT2D eigenvalue weighted by Gasteiger charge is -2.22. The molecule has 1 atom stereocenters. The standard InChI is InChI=1S/C12H21N3S/c1-3-13-12-14-10(2)8-15(12)9-11-6-4-5-7-16-11/h8,11H,3-7,9H2,1-2H3,(H,13,14). The SMILES string of the molecule is CCNc1nc(C)cn1CC1CCCCS1. The quantitative estimate of drug-likeness (QED) is 0.876. The number of aromatic nitrogens is 2. The van der Waals surface area contributed by atoms with Crippen LogP contribution in [-0.2, 0) is 6.54 Å². The summed E-state index contributed by atoms with van der Waals surface area (Å²) in [5.41, 5.74) is 1.11. The van der Waals surface area contributed by atoms with E-state index >= 15 is 0 Å². The number of thioether (sulfide) groups is 1. The first-order valence-corrected chi connectivity index (χ1v) is 7.23. The first-order chi connectivity index (χ1) is 7.79. The second-order valence-electron chi connectivity index (χ2n) is 4.38. The summed E-state index contributed by atoms with van der Waals surface area (Å²) in [7, 11) is 0. The lowest BCUT2D eigenvalue weighted by Crippen LogP contribution is -2.18. The van der Waals surface area contributed by atoms with E-state index in [2.05, 4.69) is 46.7 Å². The van der Waals surface area contributed by atoms with Crippen LogP contribution in [0.1, 0.15) is 31.9 Å². The summed E-state index contributed by atoms with van der Waals surface area (Å²) in [6.07, 6.45) is 6.30. The average molecular weight is 239 g/mol. The summed E-state index contributed by atoms with van der Waals surface area (Å²) < 4.78 is 2.28. The Morgan fingerprint density at radius 2 is 2.44 bits per heavy atom. The molecule has 0 radical (unpaired) electrons. The van der Waals surface area contributed by atoms with Crippen LogP contribution in [0.2, 0.25) is 0 Å². The van der Waals surface area contributed by atoms with Gasteiger partial charge in [0, 0.05) is 24.5 Å². The molecule has 0 spiro atoms. The topological polar surface area (TPSA) is 29.9 Å². The summed E-state index contributed by atoms with van der Waals surface area (Å²) >= 11 is 2.12. The smallest absolute Gasteiger partial charge is 0.203 e. The number of aryl methyl sites for hydroxylation is 1. The minimum atomic E-state index is 0.778. The van der Waals surface area contributed by atoms with Crippen molar-refractivity contribution in [3.63, 3.8) is 0 Å². The van der Waals surface area contributed by atoms with Crippen LogP contribution in [-0.4, -0.2) is 27.1 Å². The average Bonchev–Trinajstić information content (AvgIpc) is 2.61. The van der Waals surface area contributed by atoms with Crippen LogP contribution in [0.25, 0.3) is 0 Å². The van der Waals surface area contributed by atoms with E-state index in [1.165, 1.54) is 25.0 Å². The third kappa shape index (κ3) is 2.94. The Kier molecular flexibility index (Phi) is 4.16. The monoisotopic (exact) mass is 239 g/mol. The Labute approximate surface area is 102 Å². The maximum atomic E-state index is 4.51. The molecule has 0 aromatic carbocycles. The predicted molar refractivity (Wildman–Crippen MR) is 71.2 cm³/mol. The molecule has 2 rings (SSSR count). The highest BCUT2D eigenvalue weighted by Gasteiger charge is 2.16. The van der Waals surface area contributed by atoms with Crippen molar-refractivity contribution < 1.29 is 0 Å². The minimum Gasteiger partial charge on any atom is -0.356 e. The van der Waals surface area contributed by atoms with Gasteiger partial charge in [0.05, 0.1) is 5.69 Å². The van der Waals surface area contributed by atoms with Crippen LogP contribution in [0, 0.1) is 6.92 Å². The van der Waals surface area contributed by atoms with Gasteiger partial charge in [0.1, 0.15) is 0 Å². The van der Waals surface area contributed by atoms with Crippen molar-refractivity contribution in [1.29, 1.82) is 0 Å². The van der Waals surface area contributed by atoms with Crippen molar-refractivity contribution in [2.45, 2.75) is 44.9 Å². The molecule has 3 nitrogen and oxygen atoms in total. The highest BCUT2D eigenvalue weighted by Crippen LogP contribution is 2.27. The molecule has 1 aromatic heterocycles. The van der Waals surface area contributed by atoms with E-state index in [-0.39, 0.29) is 0 Å². The van der Waals surface area contributed by atoms with E-state index < -0.39 is 0 Å². The highest BCUT2D eigenvalue weighted by atomic mass is 32.2. The summed E-state index contributed by atoms with van der Waals surface area (Å²) in [4.78, 5) is 4.51. The largest absolute Gasteiger partial charge is 0.356 e. The Bertz CT molecular complexity index is 329. The number of imidazole rings is 1. The van der Waals surface area contributed by atoms with Crippen molar-refractivity contribution >= 4 is 17.7 Å². The normalized spacial score (nSPS) is 21.0. The zero-order valence-corrected chi connectivity index (χ0v) is 11.0. The molecule has 16 heavy (non-hydrogen) atoms. The zero-order chi connectivity index (χ0) is 11.4. The molecule has 1 N–H and O–H groups in total. The second-order valence-corrected chi connectivity index (χ2v) is 5.79. The molecule has 1 saturated heterocycles. The summed E-state index contributed by atoms with van der Waals surface area (Å²) in [5.74, 6) is 2.36. The van der Waals surface area contributed by atoms with Crippen LogP contribution in [0.3, 0.4) is 0 Å². The van der Waals surface area contributed by atoms with Crippen LogP contribution < -0.4 is 5.32 Å². The lowest BCUT2D eigenvalue weighted by molar-refractivity contribution is 0.585. The van der Waals surface area contributed by atoms with Gasteiger partial charge in [-0.3, -0.25) is 0 Å². The van der Waals surface area contributed by atoms with Crippen molar-refractivity contribution in [1.82, 2.24) is 9.55 Å². The van der Waals surface area contributed by atoms with Gasteiger partial charge < -0.3 is 9.88 Å². The van der Waals surface area contributed by atoms with Crippen LogP contribution >= 0.6 is 11.8 Å². The van der Waals surface area contributed by atoms with Gasteiger partial charge in [0.25, 0.3) is 0 Å². The first-order valence-electron chi connectivity index (χ1n) is 6.19. The van der Waals surface area contributed by atoms with Crippen molar-refractivity contribution in [3.8, 4) is 0 Å². The number of anilines is 1. The van der Waals surface area contributed by atoms with Gasteiger partial charge in [-0.2, -0.15) is 11.8 Å². The molecular weight excluding hydrogens is 218 g/mol. The molecule has 0 saturated carbocycles. The fourth-order valence-electron chi connectivity index (χ4n) is 2.16. The molecule has 1 fully saturated rings. The van der Waals surface area contributed by atoms with Crippen molar-refractivity contribution in [2.24, 2.45) is 0 Å². The van der Waals surface area contributed by atoms with Gasteiger partial charge >= 0.3 is 0 Å². The van der Waals surface area contributed by atoms with Crippen molar-refractivity contribution in [3.05, 3.63) is 11.9 Å². The van der Waals surface area contributed by atoms with Gasteiger partial charge in [0.15, 0.2) is 0 Å². The van der Waals surface area contributed by atoms with Gasteiger partial charge in [0.2, 0.25) is 5.95 Å². The number of hydrogen-bond donors (Lipinski definition) is 1. The molecule has 1 aliphatic heterocycles. The molecule has 2 heterocycles. The van der Waals surface area contributed by atoms with E-state index in [1.807, 2.05) is 0 Å². The summed E-state index contributed by atoms with van der Waals surface area (Å²) in [5, 5.41) is 4.11. The van der Waals surface area contributed by atoms with Crippen LogP contribution in [0.4, 0.5) is 5.95 Å². The zero-order valence-electron chi connectivity index (χ0n) is 10.2. The van der Waals surface area contributed by atoms with E-state index in [9.17, 15) is 0 Å². The molecule has 0 bridgehead atoms. The van der Waals surface area contributed by atoms with E-state index in [0.717, 1.165) is 30.0 Å². The molecular formula is C12H21N3S. The van der Waals surface area contributed by atoms with Crippen molar-refractivity contribution in [2.75, 3.05) is 17.6 Å². The molecule has 0 aliphatic carbocycles.